The van der Waals surface area contributed by atoms with Gasteiger partial charge in [0, 0.05) is 12.2 Å². The van der Waals surface area contributed by atoms with Crippen molar-refractivity contribution in [1.82, 2.24) is 0 Å². The second kappa shape index (κ2) is 7.88. The molecule has 2 N–H and O–H groups in total. The van der Waals surface area contributed by atoms with Gasteiger partial charge in [-0.15, -0.1) is 0 Å². The van der Waals surface area contributed by atoms with Crippen molar-refractivity contribution in [1.29, 1.82) is 0 Å². The van der Waals surface area contributed by atoms with Crippen LogP contribution in [0.5, 0.6) is 0 Å². The fraction of sp³-hybridized carbons (Fsp3) is 0.571. The fourth-order valence-electron chi connectivity index (χ4n) is 2.40. The molecule has 4 atom stereocenters. The second-order valence-electron chi connectivity index (χ2n) is 5.16. The first kappa shape index (κ1) is 17.9. The van der Waals surface area contributed by atoms with E-state index in [4.69, 9.17) is 29.2 Å². The van der Waals surface area contributed by atoms with Crippen LogP contribution < -0.4 is 0 Å². The van der Waals surface area contributed by atoms with E-state index in [1.807, 2.05) is 0 Å². The summed E-state index contributed by atoms with van der Waals surface area (Å²) >= 11 is 0. The molecule has 0 aliphatic carbocycles. The summed E-state index contributed by atoms with van der Waals surface area (Å²) in [7, 11) is 0. The van der Waals surface area contributed by atoms with Crippen LogP contribution in [0.25, 0.3) is 0 Å². The Kier molecular flexibility index (Phi) is 5.88. The lowest BCUT2D eigenvalue weighted by Crippen LogP contribution is -2.35. The number of carboxylic acid groups (broad SMARTS) is 2. The van der Waals surface area contributed by atoms with Gasteiger partial charge in [0.15, 0.2) is 12.2 Å². The van der Waals surface area contributed by atoms with Gasteiger partial charge in [-0.25, -0.2) is 9.59 Å². The van der Waals surface area contributed by atoms with Gasteiger partial charge in [0.25, 0.3) is 0 Å². The van der Waals surface area contributed by atoms with Crippen LogP contribution in [-0.4, -0.2) is 71.7 Å². The zero-order valence-corrected chi connectivity index (χ0v) is 12.5. The molecule has 0 saturated carbocycles. The van der Waals surface area contributed by atoms with Crippen LogP contribution in [0, 0.1) is 0 Å². The maximum absolute atomic E-state index is 11.6. The summed E-state index contributed by atoms with van der Waals surface area (Å²) in [6.07, 6.45) is -1.89. The number of hydrogen-bond acceptors (Lipinski definition) is 8. The summed E-state index contributed by atoms with van der Waals surface area (Å²) in [5.41, 5.74) is 0. The zero-order chi connectivity index (χ0) is 17.7. The Labute approximate surface area is 135 Å². The molecule has 0 aromatic rings. The molecule has 2 aliphatic rings. The molecular formula is C14H16O10. The Balaban J connectivity index is 1.83. The summed E-state index contributed by atoms with van der Waals surface area (Å²) in [5, 5.41) is 17.0. The monoisotopic (exact) mass is 344 g/mol. The standard InChI is InChI=1S/C14H16O10/c15-9(16)1-3-11(19)23-7-5-21-14-8(6-22-13(7)14)24-12(20)4-2-10(17)18/h1,3,7-8,13-14H,2,4-6H2,(H,15,16)(H,17,18)/b3-1-/t7-,8+,13+,14+/m0/s1. The van der Waals surface area contributed by atoms with E-state index in [1.165, 1.54) is 0 Å². The van der Waals surface area contributed by atoms with Gasteiger partial charge >= 0.3 is 23.9 Å². The van der Waals surface area contributed by atoms with Crippen molar-refractivity contribution in [2.24, 2.45) is 0 Å². The van der Waals surface area contributed by atoms with Crippen molar-refractivity contribution in [2.45, 2.75) is 37.3 Å². The second-order valence-corrected chi connectivity index (χ2v) is 5.16. The number of fused-ring (bicyclic) bond motifs is 1. The van der Waals surface area contributed by atoms with Crippen molar-refractivity contribution in [3.63, 3.8) is 0 Å². The molecule has 2 saturated heterocycles. The molecule has 2 rings (SSSR count). The molecule has 10 nitrogen and oxygen atoms in total. The lowest BCUT2D eigenvalue weighted by molar-refractivity contribution is -0.156. The molecule has 0 bridgehead atoms. The number of carbonyl (C=O) groups excluding carboxylic acids is 2. The molecule has 0 radical (unpaired) electrons. The first-order valence-electron chi connectivity index (χ1n) is 7.13. The van der Waals surface area contributed by atoms with Gasteiger partial charge in [-0.05, 0) is 0 Å². The molecule has 2 fully saturated rings. The SMILES string of the molecule is O=C(O)/C=C\C(=O)O[C@H]1CO[C@H]2[C@@H]1OC[C@H]2OC(=O)CCC(=O)O. The first-order valence-corrected chi connectivity index (χ1v) is 7.13. The minimum atomic E-state index is -1.28. The minimum absolute atomic E-state index is 0.0190. The maximum atomic E-state index is 11.6. The molecule has 0 spiro atoms. The highest BCUT2D eigenvalue weighted by molar-refractivity contribution is 5.90. The van der Waals surface area contributed by atoms with E-state index in [-0.39, 0.29) is 26.1 Å². The van der Waals surface area contributed by atoms with Crippen LogP contribution in [0.2, 0.25) is 0 Å². The third-order valence-corrected chi connectivity index (χ3v) is 3.42. The van der Waals surface area contributed by atoms with Crippen molar-refractivity contribution in [3.05, 3.63) is 12.2 Å². The molecule has 0 aromatic carbocycles. The van der Waals surface area contributed by atoms with Crippen molar-refractivity contribution in [3.8, 4) is 0 Å². The number of carbonyl (C=O) groups is 4. The van der Waals surface area contributed by atoms with E-state index in [1.54, 1.807) is 0 Å². The Morgan fingerprint density at radius 1 is 0.917 bits per heavy atom. The van der Waals surface area contributed by atoms with Crippen molar-refractivity contribution < 1.29 is 48.3 Å². The van der Waals surface area contributed by atoms with Crippen molar-refractivity contribution >= 4 is 23.9 Å². The minimum Gasteiger partial charge on any atom is -0.481 e. The third-order valence-electron chi connectivity index (χ3n) is 3.42. The van der Waals surface area contributed by atoms with Crippen molar-refractivity contribution in [2.75, 3.05) is 13.2 Å². The van der Waals surface area contributed by atoms with Crippen LogP contribution in [0.4, 0.5) is 0 Å². The smallest absolute Gasteiger partial charge is 0.331 e. The summed E-state index contributed by atoms with van der Waals surface area (Å²) in [6.45, 7) is 0.0539. The first-order chi connectivity index (χ1) is 11.4. The number of rotatable bonds is 7. The van der Waals surface area contributed by atoms with Crippen LogP contribution in [-0.2, 0) is 38.1 Å². The number of ether oxygens (including phenoxy) is 4. The zero-order valence-electron chi connectivity index (χ0n) is 12.5. The van der Waals surface area contributed by atoms with E-state index in [0.29, 0.717) is 6.08 Å². The topological polar surface area (TPSA) is 146 Å². The fourth-order valence-corrected chi connectivity index (χ4v) is 2.40. The van der Waals surface area contributed by atoms with Gasteiger partial charge < -0.3 is 29.2 Å². The summed E-state index contributed by atoms with van der Waals surface area (Å²) < 4.78 is 21.0. The van der Waals surface area contributed by atoms with E-state index in [2.05, 4.69) is 0 Å². The van der Waals surface area contributed by atoms with E-state index in [0.717, 1.165) is 6.08 Å². The highest BCUT2D eigenvalue weighted by Crippen LogP contribution is 2.30. The number of esters is 2. The van der Waals surface area contributed by atoms with E-state index in [9.17, 15) is 19.2 Å². The molecule has 2 heterocycles. The van der Waals surface area contributed by atoms with Crippen LogP contribution in [0.15, 0.2) is 12.2 Å². The number of aliphatic carboxylic acids is 2. The summed E-state index contributed by atoms with van der Waals surface area (Å²) in [5.74, 6) is -3.92. The van der Waals surface area contributed by atoms with E-state index >= 15 is 0 Å². The highest BCUT2D eigenvalue weighted by atomic mass is 16.7. The number of carboxylic acids is 2. The lowest BCUT2D eigenvalue weighted by atomic mass is 10.1. The number of hydrogen-bond donors (Lipinski definition) is 2. The molecule has 10 heteroatoms. The Morgan fingerprint density at radius 3 is 2.04 bits per heavy atom. The molecule has 0 amide bonds. The molecule has 132 valence electrons. The normalized spacial score (nSPS) is 28.5. The quantitative estimate of drug-likeness (QED) is 0.440. The average Bonchev–Trinajstić information content (AvgIpc) is 3.07. The van der Waals surface area contributed by atoms with Gasteiger partial charge in [0.05, 0.1) is 26.1 Å². The summed E-state index contributed by atoms with van der Waals surface area (Å²) in [4.78, 5) is 43.8. The van der Waals surface area contributed by atoms with Gasteiger partial charge in [0.2, 0.25) is 0 Å². The highest BCUT2D eigenvalue weighted by Gasteiger charge is 2.51. The predicted octanol–water partition coefficient (Wildman–Crippen LogP) is -0.887. The maximum Gasteiger partial charge on any atom is 0.331 e. The van der Waals surface area contributed by atoms with Gasteiger partial charge in [0.1, 0.15) is 12.2 Å². The molecular weight excluding hydrogens is 328 g/mol. The Bertz CT molecular complexity index is 554. The van der Waals surface area contributed by atoms with Gasteiger partial charge in [-0.2, -0.15) is 0 Å². The van der Waals surface area contributed by atoms with Crippen LogP contribution in [0.1, 0.15) is 12.8 Å². The average molecular weight is 344 g/mol. The molecule has 0 aromatic heterocycles. The van der Waals surface area contributed by atoms with Gasteiger partial charge in [-0.3, -0.25) is 9.59 Å². The van der Waals surface area contributed by atoms with E-state index < -0.39 is 48.3 Å². The van der Waals surface area contributed by atoms with Gasteiger partial charge in [-0.1, -0.05) is 0 Å². The lowest BCUT2D eigenvalue weighted by Gasteiger charge is -2.16. The molecule has 0 unspecified atom stereocenters. The molecule has 24 heavy (non-hydrogen) atoms. The molecule has 2 aliphatic heterocycles. The third kappa shape index (κ3) is 4.77. The largest absolute Gasteiger partial charge is 0.481 e. The summed E-state index contributed by atoms with van der Waals surface area (Å²) in [6, 6.07) is 0. The Morgan fingerprint density at radius 2 is 1.50 bits per heavy atom. The van der Waals surface area contributed by atoms with Crippen LogP contribution in [0.3, 0.4) is 0 Å². The Hall–Kier alpha value is -2.46. The van der Waals surface area contributed by atoms with Crippen LogP contribution >= 0.6 is 0 Å². The predicted molar refractivity (Wildman–Crippen MR) is 72.9 cm³/mol.